The zero-order chi connectivity index (χ0) is 15.0. The highest BCUT2D eigenvalue weighted by molar-refractivity contribution is 6.30. The molecule has 0 aromatic heterocycles. The summed E-state index contributed by atoms with van der Waals surface area (Å²) in [6.07, 6.45) is 0. The molecule has 1 heterocycles. The van der Waals surface area contributed by atoms with E-state index in [1.807, 2.05) is 30.2 Å². The number of aromatic hydroxyl groups is 1. The first-order valence-corrected chi connectivity index (χ1v) is 6.91. The normalized spacial score (nSPS) is 14.2. The lowest BCUT2D eigenvalue weighted by Gasteiger charge is -2.22. The van der Waals surface area contributed by atoms with Crippen LogP contribution in [-0.4, -0.2) is 24.2 Å². The summed E-state index contributed by atoms with van der Waals surface area (Å²) >= 11 is 5.84. The van der Waals surface area contributed by atoms with E-state index in [0.29, 0.717) is 16.4 Å². The van der Waals surface area contributed by atoms with Crippen LogP contribution in [0, 0.1) is 0 Å². The number of phenolic OH excluding ortho intramolecular Hbond substituents is 1. The molecule has 0 bridgehead atoms. The van der Waals surface area contributed by atoms with Crippen LogP contribution >= 0.6 is 24.0 Å². The van der Waals surface area contributed by atoms with Gasteiger partial charge in [0.2, 0.25) is 0 Å². The summed E-state index contributed by atoms with van der Waals surface area (Å²) in [5, 5.41) is 23.1. The maximum Gasteiger partial charge on any atom is 0.152 e. The Balaban J connectivity index is 0.00000176. The molecule has 0 saturated heterocycles. The lowest BCUT2D eigenvalue weighted by molar-refractivity contribution is 0.345. The molecule has 0 aliphatic carbocycles. The van der Waals surface area contributed by atoms with E-state index in [4.69, 9.17) is 11.6 Å². The first kappa shape index (κ1) is 16.5. The highest BCUT2D eigenvalue weighted by atomic mass is 35.5. The highest BCUT2D eigenvalue weighted by Gasteiger charge is 2.26. The van der Waals surface area contributed by atoms with Gasteiger partial charge in [-0.05, 0) is 35.9 Å². The number of nitrogens with zero attached hydrogens (tertiary/aromatic N) is 4. The molecule has 1 N–H and O–H groups in total. The van der Waals surface area contributed by atoms with Gasteiger partial charge in [0, 0.05) is 25.7 Å². The van der Waals surface area contributed by atoms with E-state index in [1.165, 1.54) is 0 Å². The van der Waals surface area contributed by atoms with Crippen molar-refractivity contribution in [2.45, 2.75) is 6.54 Å². The number of hydrazine groups is 1. The summed E-state index contributed by atoms with van der Waals surface area (Å²) in [6, 6.07) is 10.6. The molecule has 5 nitrogen and oxygen atoms in total. The van der Waals surface area contributed by atoms with E-state index in [1.54, 1.807) is 30.3 Å². The number of hydrogen-bond acceptors (Lipinski definition) is 5. The van der Waals surface area contributed by atoms with Crippen molar-refractivity contribution in [1.29, 1.82) is 0 Å². The van der Waals surface area contributed by atoms with E-state index >= 15 is 0 Å². The van der Waals surface area contributed by atoms with Gasteiger partial charge in [0.05, 0.1) is 11.4 Å². The van der Waals surface area contributed by atoms with Crippen molar-refractivity contribution in [3.63, 3.8) is 0 Å². The van der Waals surface area contributed by atoms with Crippen LogP contribution in [0.5, 0.6) is 5.75 Å². The van der Waals surface area contributed by atoms with Crippen molar-refractivity contribution in [1.82, 2.24) is 5.01 Å². The van der Waals surface area contributed by atoms with Gasteiger partial charge in [-0.15, -0.1) is 17.5 Å². The molecule has 0 spiro atoms. The molecule has 0 saturated carbocycles. The molecular weight excluding hydrogens is 323 g/mol. The van der Waals surface area contributed by atoms with Gasteiger partial charge in [0.1, 0.15) is 5.75 Å². The predicted molar refractivity (Wildman–Crippen MR) is 90.9 cm³/mol. The number of halogens is 2. The fourth-order valence-electron chi connectivity index (χ4n) is 2.34. The lowest BCUT2D eigenvalue weighted by atomic mass is 10.1. The smallest absolute Gasteiger partial charge is 0.152 e. The summed E-state index contributed by atoms with van der Waals surface area (Å²) in [6.45, 7) is 0.787. The van der Waals surface area contributed by atoms with Crippen LogP contribution in [0.15, 0.2) is 46.6 Å². The van der Waals surface area contributed by atoms with Gasteiger partial charge >= 0.3 is 0 Å². The SMILES string of the molecule is CN1Cc2ccc(O)c(N=Nc3ccc(Cl)cc3)c2N1C.Cl. The summed E-state index contributed by atoms with van der Waals surface area (Å²) in [4.78, 5) is 0. The van der Waals surface area contributed by atoms with Crippen molar-refractivity contribution in [2.24, 2.45) is 10.2 Å². The third kappa shape index (κ3) is 3.02. The van der Waals surface area contributed by atoms with E-state index in [2.05, 4.69) is 10.2 Å². The molecular formula is C15H16Cl2N4O. The van der Waals surface area contributed by atoms with Gasteiger partial charge in [-0.1, -0.05) is 17.7 Å². The number of rotatable bonds is 2. The van der Waals surface area contributed by atoms with Gasteiger partial charge in [-0.3, -0.25) is 0 Å². The molecule has 22 heavy (non-hydrogen) atoms. The lowest BCUT2D eigenvalue weighted by Crippen LogP contribution is -2.29. The average molecular weight is 339 g/mol. The number of benzene rings is 2. The Morgan fingerprint density at radius 2 is 1.73 bits per heavy atom. The minimum absolute atomic E-state index is 0. The Kier molecular flexibility index (Phi) is 4.90. The summed E-state index contributed by atoms with van der Waals surface area (Å²) in [5.41, 5.74) is 3.16. The van der Waals surface area contributed by atoms with E-state index in [-0.39, 0.29) is 18.2 Å². The first-order valence-electron chi connectivity index (χ1n) is 6.53. The quantitative estimate of drug-likeness (QED) is 0.809. The molecule has 0 fully saturated rings. The van der Waals surface area contributed by atoms with Crippen molar-refractivity contribution in [3.8, 4) is 5.75 Å². The number of azo groups is 1. The van der Waals surface area contributed by atoms with Gasteiger partial charge in [-0.2, -0.15) is 5.11 Å². The summed E-state index contributed by atoms with van der Waals surface area (Å²) < 4.78 is 0. The number of fused-ring (bicyclic) bond motifs is 1. The standard InChI is InChI=1S/C15H15ClN4O.ClH/c1-19-9-10-3-8-13(21)14(15(10)20(19)2)18-17-12-6-4-11(16)5-7-12;/h3-8,21H,9H2,1-2H3;1H. The Morgan fingerprint density at radius 3 is 2.41 bits per heavy atom. The third-order valence-electron chi connectivity index (χ3n) is 3.54. The zero-order valence-electron chi connectivity index (χ0n) is 12.2. The second kappa shape index (κ2) is 6.52. The molecule has 0 atom stereocenters. The Hall–Kier alpha value is -1.82. The van der Waals surface area contributed by atoms with Crippen LogP contribution in [0.25, 0.3) is 0 Å². The van der Waals surface area contributed by atoms with E-state index in [0.717, 1.165) is 17.8 Å². The second-order valence-corrected chi connectivity index (χ2v) is 5.39. The second-order valence-electron chi connectivity index (χ2n) is 4.96. The molecule has 0 unspecified atom stereocenters. The summed E-state index contributed by atoms with van der Waals surface area (Å²) in [7, 11) is 3.92. The number of anilines is 1. The maximum atomic E-state index is 10.1. The van der Waals surface area contributed by atoms with Crippen LogP contribution in [-0.2, 0) is 6.54 Å². The van der Waals surface area contributed by atoms with Crippen LogP contribution in [0.1, 0.15) is 5.56 Å². The van der Waals surface area contributed by atoms with Crippen molar-refractivity contribution in [2.75, 3.05) is 19.1 Å². The number of hydrogen-bond donors (Lipinski definition) is 1. The first-order chi connectivity index (χ1) is 10.1. The molecule has 1 aliphatic heterocycles. The van der Waals surface area contributed by atoms with Crippen molar-refractivity contribution >= 4 is 41.1 Å². The molecule has 0 radical (unpaired) electrons. The largest absolute Gasteiger partial charge is 0.506 e. The van der Waals surface area contributed by atoms with Crippen LogP contribution in [0.3, 0.4) is 0 Å². The molecule has 116 valence electrons. The van der Waals surface area contributed by atoms with Crippen LogP contribution < -0.4 is 5.01 Å². The van der Waals surface area contributed by atoms with Crippen LogP contribution in [0.2, 0.25) is 5.02 Å². The zero-order valence-corrected chi connectivity index (χ0v) is 13.8. The van der Waals surface area contributed by atoms with Gasteiger partial charge in [0.25, 0.3) is 0 Å². The minimum atomic E-state index is 0. The maximum absolute atomic E-state index is 10.1. The topological polar surface area (TPSA) is 51.4 Å². The fraction of sp³-hybridized carbons (Fsp3) is 0.200. The average Bonchev–Trinajstić information content (AvgIpc) is 2.76. The molecule has 0 amide bonds. The van der Waals surface area contributed by atoms with Crippen molar-refractivity contribution < 1.29 is 5.11 Å². The van der Waals surface area contributed by atoms with E-state index in [9.17, 15) is 5.11 Å². The molecule has 2 aromatic carbocycles. The molecule has 2 aromatic rings. The molecule has 1 aliphatic rings. The third-order valence-corrected chi connectivity index (χ3v) is 3.79. The Bertz CT molecular complexity index is 703. The monoisotopic (exact) mass is 338 g/mol. The highest BCUT2D eigenvalue weighted by Crippen LogP contribution is 2.44. The fourth-order valence-corrected chi connectivity index (χ4v) is 2.46. The van der Waals surface area contributed by atoms with Crippen molar-refractivity contribution in [3.05, 3.63) is 47.0 Å². The minimum Gasteiger partial charge on any atom is -0.506 e. The van der Waals surface area contributed by atoms with Crippen LogP contribution in [0.4, 0.5) is 17.1 Å². The molecule has 7 heteroatoms. The number of phenols is 1. The van der Waals surface area contributed by atoms with E-state index < -0.39 is 0 Å². The van der Waals surface area contributed by atoms with Gasteiger partial charge < -0.3 is 10.1 Å². The summed E-state index contributed by atoms with van der Waals surface area (Å²) in [5.74, 6) is 0.119. The Labute approximate surface area is 140 Å². The molecule has 3 rings (SSSR count). The van der Waals surface area contributed by atoms with Gasteiger partial charge in [-0.25, -0.2) is 5.01 Å². The predicted octanol–water partition coefficient (Wildman–Crippen LogP) is 4.68. The van der Waals surface area contributed by atoms with Gasteiger partial charge in [0.15, 0.2) is 5.69 Å². The Morgan fingerprint density at radius 1 is 1.05 bits per heavy atom.